The van der Waals surface area contributed by atoms with Gasteiger partial charge in [-0.15, -0.1) is 0 Å². The molecular formula is C28H37NO6. The highest BCUT2D eigenvalue weighted by atomic mass is 16.5. The van der Waals surface area contributed by atoms with E-state index in [1.54, 1.807) is 45.6 Å². The molecule has 0 unspecified atom stereocenters. The predicted octanol–water partition coefficient (Wildman–Crippen LogP) is 5.77. The largest absolute Gasteiger partial charge is 0.493 e. The van der Waals surface area contributed by atoms with E-state index in [0.717, 1.165) is 45.3 Å². The number of rotatable bonds is 14. The van der Waals surface area contributed by atoms with Gasteiger partial charge in [-0.1, -0.05) is 26.0 Å². The molecule has 2 aromatic carbocycles. The Morgan fingerprint density at radius 1 is 0.829 bits per heavy atom. The van der Waals surface area contributed by atoms with Crippen molar-refractivity contribution in [1.82, 2.24) is 4.90 Å². The van der Waals surface area contributed by atoms with Gasteiger partial charge in [-0.05, 0) is 69.6 Å². The minimum Gasteiger partial charge on any atom is -0.493 e. The first-order chi connectivity index (χ1) is 17.1. The lowest BCUT2D eigenvalue weighted by molar-refractivity contribution is 0.248. The molecule has 7 nitrogen and oxygen atoms in total. The molecule has 0 aliphatic carbocycles. The number of unbranched alkanes of at least 4 members (excludes halogenated alkanes) is 1. The number of nitrogens with zero attached hydrogens (tertiary/aromatic N) is 1. The minimum atomic E-state index is -0.200. The summed E-state index contributed by atoms with van der Waals surface area (Å²) in [5.41, 5.74) is 0.895. The van der Waals surface area contributed by atoms with E-state index in [0.29, 0.717) is 46.1 Å². The van der Waals surface area contributed by atoms with Crippen molar-refractivity contribution in [2.24, 2.45) is 0 Å². The number of benzene rings is 2. The van der Waals surface area contributed by atoms with Crippen LogP contribution in [0.3, 0.4) is 0 Å². The lowest BCUT2D eigenvalue weighted by Gasteiger charge is -2.20. The van der Waals surface area contributed by atoms with Crippen molar-refractivity contribution in [1.29, 1.82) is 0 Å². The van der Waals surface area contributed by atoms with E-state index in [4.69, 9.17) is 23.4 Å². The van der Waals surface area contributed by atoms with E-state index in [2.05, 4.69) is 18.7 Å². The molecule has 190 valence electrons. The van der Waals surface area contributed by atoms with E-state index in [1.807, 2.05) is 12.1 Å². The fourth-order valence-corrected chi connectivity index (χ4v) is 4.24. The second kappa shape index (κ2) is 13.0. The summed E-state index contributed by atoms with van der Waals surface area (Å²) in [4.78, 5) is 15.9. The number of ether oxygens (including phenoxy) is 4. The average Bonchev–Trinajstić information content (AvgIpc) is 2.88. The first-order valence-corrected chi connectivity index (χ1v) is 12.3. The van der Waals surface area contributed by atoms with Crippen molar-refractivity contribution in [3.05, 3.63) is 46.6 Å². The Morgan fingerprint density at radius 3 is 2.09 bits per heavy atom. The van der Waals surface area contributed by atoms with E-state index >= 15 is 0 Å². The summed E-state index contributed by atoms with van der Waals surface area (Å²) in [6.45, 7) is 8.07. The molecule has 0 saturated carbocycles. The number of hydrogen-bond acceptors (Lipinski definition) is 7. The summed E-state index contributed by atoms with van der Waals surface area (Å²) in [5.74, 6) is 1.93. The minimum absolute atomic E-state index is 0.192. The van der Waals surface area contributed by atoms with Crippen LogP contribution in [0.2, 0.25) is 0 Å². The molecule has 7 heteroatoms. The van der Waals surface area contributed by atoms with Crippen LogP contribution < -0.4 is 24.4 Å². The molecule has 35 heavy (non-hydrogen) atoms. The highest BCUT2D eigenvalue weighted by molar-refractivity contribution is 5.82. The zero-order valence-electron chi connectivity index (χ0n) is 21.5. The standard InChI is InChI=1S/C28H37NO6/c1-6-14-29(15-7-2)16-10-11-17-34-28-25(30)21-12-8-9-13-22(21)35-26(28)20-18-23(31-3)27(33-5)24(19-20)32-4/h8-9,12-13,18-19H,6-7,10-11,14-17H2,1-5H3. The van der Waals surface area contributed by atoms with Crippen molar-refractivity contribution in [2.75, 3.05) is 47.6 Å². The summed E-state index contributed by atoms with van der Waals surface area (Å²) in [5, 5.41) is 0.482. The van der Waals surface area contributed by atoms with Gasteiger partial charge in [-0.2, -0.15) is 0 Å². The molecule has 0 spiro atoms. The fourth-order valence-electron chi connectivity index (χ4n) is 4.24. The molecule has 0 amide bonds. The molecule has 0 N–H and O–H groups in total. The predicted molar refractivity (Wildman–Crippen MR) is 139 cm³/mol. The second-order valence-corrected chi connectivity index (χ2v) is 8.40. The maximum atomic E-state index is 13.4. The van der Waals surface area contributed by atoms with Gasteiger partial charge < -0.3 is 28.3 Å². The van der Waals surface area contributed by atoms with Crippen LogP contribution in [-0.4, -0.2) is 52.5 Å². The van der Waals surface area contributed by atoms with Crippen LogP contribution in [0.15, 0.2) is 45.6 Å². The molecule has 3 rings (SSSR count). The van der Waals surface area contributed by atoms with Crippen LogP contribution >= 0.6 is 0 Å². The smallest absolute Gasteiger partial charge is 0.235 e. The zero-order chi connectivity index (χ0) is 25.2. The SMILES string of the molecule is CCCN(CCC)CCCCOc1c(-c2cc(OC)c(OC)c(OC)c2)oc2ccccc2c1=O. The van der Waals surface area contributed by atoms with E-state index in [-0.39, 0.29) is 11.2 Å². The van der Waals surface area contributed by atoms with Crippen LogP contribution in [0, 0.1) is 0 Å². The average molecular weight is 484 g/mol. The van der Waals surface area contributed by atoms with Gasteiger partial charge in [0, 0.05) is 5.56 Å². The van der Waals surface area contributed by atoms with Gasteiger partial charge in [0.1, 0.15) is 5.58 Å². The normalized spacial score (nSPS) is 11.1. The van der Waals surface area contributed by atoms with Gasteiger partial charge >= 0.3 is 0 Å². The molecule has 0 fully saturated rings. The van der Waals surface area contributed by atoms with Crippen LogP contribution in [0.4, 0.5) is 0 Å². The van der Waals surface area contributed by atoms with Crippen LogP contribution in [0.5, 0.6) is 23.0 Å². The van der Waals surface area contributed by atoms with Crippen LogP contribution in [-0.2, 0) is 0 Å². The molecule has 0 aliphatic rings. The lowest BCUT2D eigenvalue weighted by Crippen LogP contribution is -2.26. The first kappa shape index (κ1) is 26.4. The molecule has 1 aromatic heterocycles. The van der Waals surface area contributed by atoms with Gasteiger partial charge in [0.25, 0.3) is 0 Å². The Bertz CT molecular complexity index is 1120. The summed E-state index contributed by atoms with van der Waals surface area (Å²) < 4.78 is 28.8. The topological polar surface area (TPSA) is 70.4 Å². The third kappa shape index (κ3) is 6.28. The highest BCUT2D eigenvalue weighted by Gasteiger charge is 2.22. The number of hydrogen-bond donors (Lipinski definition) is 0. The molecule has 0 saturated heterocycles. The van der Waals surface area contributed by atoms with Crippen molar-refractivity contribution in [3.63, 3.8) is 0 Å². The monoisotopic (exact) mass is 483 g/mol. The second-order valence-electron chi connectivity index (χ2n) is 8.40. The Hall–Kier alpha value is -3.19. The van der Waals surface area contributed by atoms with Crippen molar-refractivity contribution >= 4 is 11.0 Å². The number of para-hydroxylation sites is 1. The van der Waals surface area contributed by atoms with Gasteiger partial charge in [0.15, 0.2) is 17.3 Å². The molecule has 0 aliphatic heterocycles. The Labute approximate surface area is 207 Å². The maximum absolute atomic E-state index is 13.4. The number of methoxy groups -OCH3 is 3. The zero-order valence-corrected chi connectivity index (χ0v) is 21.5. The molecular weight excluding hydrogens is 446 g/mol. The lowest BCUT2D eigenvalue weighted by atomic mass is 10.1. The summed E-state index contributed by atoms with van der Waals surface area (Å²) in [6, 6.07) is 10.7. The molecule has 1 heterocycles. The van der Waals surface area contributed by atoms with Crippen molar-refractivity contribution in [3.8, 4) is 34.3 Å². The Kier molecular flexibility index (Phi) is 9.85. The van der Waals surface area contributed by atoms with Gasteiger partial charge in [-0.25, -0.2) is 0 Å². The third-order valence-electron chi connectivity index (χ3n) is 5.88. The summed E-state index contributed by atoms with van der Waals surface area (Å²) >= 11 is 0. The molecule has 0 radical (unpaired) electrons. The van der Waals surface area contributed by atoms with Gasteiger partial charge in [0.2, 0.25) is 16.9 Å². The highest BCUT2D eigenvalue weighted by Crippen LogP contribution is 2.43. The number of fused-ring (bicyclic) bond motifs is 1. The summed E-state index contributed by atoms with van der Waals surface area (Å²) in [6.07, 6.45) is 4.13. The van der Waals surface area contributed by atoms with Gasteiger partial charge in [-0.3, -0.25) is 4.79 Å². The Balaban J connectivity index is 1.92. The van der Waals surface area contributed by atoms with Crippen molar-refractivity contribution in [2.45, 2.75) is 39.5 Å². The molecule has 0 bridgehead atoms. The van der Waals surface area contributed by atoms with E-state index < -0.39 is 0 Å². The molecule has 3 aromatic rings. The summed E-state index contributed by atoms with van der Waals surface area (Å²) in [7, 11) is 4.65. The fraction of sp³-hybridized carbons (Fsp3) is 0.464. The maximum Gasteiger partial charge on any atom is 0.235 e. The Morgan fingerprint density at radius 2 is 1.49 bits per heavy atom. The van der Waals surface area contributed by atoms with Crippen LogP contribution in [0.25, 0.3) is 22.3 Å². The van der Waals surface area contributed by atoms with Crippen LogP contribution in [0.1, 0.15) is 39.5 Å². The van der Waals surface area contributed by atoms with E-state index in [9.17, 15) is 4.79 Å². The van der Waals surface area contributed by atoms with Gasteiger partial charge in [0.05, 0.1) is 33.3 Å². The van der Waals surface area contributed by atoms with Crippen molar-refractivity contribution < 1.29 is 23.4 Å². The van der Waals surface area contributed by atoms with E-state index in [1.165, 1.54) is 0 Å². The third-order valence-corrected chi connectivity index (χ3v) is 5.88. The molecule has 0 atom stereocenters. The quantitative estimate of drug-likeness (QED) is 0.270. The first-order valence-electron chi connectivity index (χ1n) is 12.3.